The van der Waals surface area contributed by atoms with Crippen molar-refractivity contribution < 1.29 is 24.6 Å². The van der Waals surface area contributed by atoms with E-state index in [-0.39, 0.29) is 24.8 Å². The van der Waals surface area contributed by atoms with E-state index in [0.717, 1.165) is 0 Å². The Labute approximate surface area is 99.2 Å². The minimum atomic E-state index is -1.07. The topological polar surface area (TPSA) is 94.9 Å². The van der Waals surface area contributed by atoms with Crippen molar-refractivity contribution in [1.82, 2.24) is 4.90 Å². The number of carboxylic acids is 2. The molecular formula is C11H17NO5. The smallest absolute Gasteiger partial charge is 0.326 e. The minimum absolute atomic E-state index is 0.00449. The van der Waals surface area contributed by atoms with E-state index in [2.05, 4.69) is 0 Å². The maximum absolute atomic E-state index is 11.7. The lowest BCUT2D eigenvalue weighted by Gasteiger charge is -2.28. The fraction of sp³-hybridized carbons (Fsp3) is 0.727. The zero-order chi connectivity index (χ0) is 13.2. The van der Waals surface area contributed by atoms with Crippen LogP contribution in [0.5, 0.6) is 0 Å². The van der Waals surface area contributed by atoms with Crippen LogP contribution in [0.15, 0.2) is 0 Å². The van der Waals surface area contributed by atoms with E-state index >= 15 is 0 Å². The third kappa shape index (κ3) is 2.75. The van der Waals surface area contributed by atoms with Gasteiger partial charge in [0.15, 0.2) is 0 Å². The maximum Gasteiger partial charge on any atom is 0.326 e. The van der Waals surface area contributed by atoms with Gasteiger partial charge in [-0.1, -0.05) is 20.3 Å². The lowest BCUT2D eigenvalue weighted by Crippen LogP contribution is -2.46. The van der Waals surface area contributed by atoms with Crippen molar-refractivity contribution in [3.05, 3.63) is 0 Å². The number of carboxylic acid groups (broad SMARTS) is 2. The van der Waals surface area contributed by atoms with Crippen LogP contribution in [0, 0.1) is 11.8 Å². The Kier molecular flexibility index (Phi) is 4.09. The van der Waals surface area contributed by atoms with Crippen LogP contribution in [0.4, 0.5) is 0 Å². The van der Waals surface area contributed by atoms with Gasteiger partial charge in [-0.2, -0.15) is 0 Å². The first kappa shape index (κ1) is 13.5. The highest BCUT2D eigenvalue weighted by Crippen LogP contribution is 2.25. The molecule has 6 nitrogen and oxygen atoms in total. The predicted octanol–water partition coefficient (Wildman–Crippen LogP) is 0.419. The zero-order valence-corrected chi connectivity index (χ0v) is 9.92. The molecule has 0 aromatic heterocycles. The van der Waals surface area contributed by atoms with Crippen molar-refractivity contribution in [3.8, 4) is 0 Å². The van der Waals surface area contributed by atoms with Crippen LogP contribution in [0.3, 0.4) is 0 Å². The number of hydrogen-bond donors (Lipinski definition) is 2. The first-order valence-electron chi connectivity index (χ1n) is 5.63. The Morgan fingerprint density at radius 1 is 1.47 bits per heavy atom. The van der Waals surface area contributed by atoms with Gasteiger partial charge >= 0.3 is 11.9 Å². The van der Waals surface area contributed by atoms with Crippen LogP contribution in [0.1, 0.15) is 26.7 Å². The first-order chi connectivity index (χ1) is 7.88. The molecular weight excluding hydrogens is 226 g/mol. The van der Waals surface area contributed by atoms with Gasteiger partial charge in [0.05, 0.1) is 5.92 Å². The molecule has 17 heavy (non-hydrogen) atoms. The average molecular weight is 243 g/mol. The number of likely N-dealkylation sites (tertiary alicyclic amines) is 1. The van der Waals surface area contributed by atoms with E-state index in [1.807, 2.05) is 6.92 Å². The van der Waals surface area contributed by atoms with Crippen LogP contribution in [-0.4, -0.2) is 45.5 Å². The van der Waals surface area contributed by atoms with Crippen LogP contribution >= 0.6 is 0 Å². The van der Waals surface area contributed by atoms with E-state index in [9.17, 15) is 14.4 Å². The summed E-state index contributed by atoms with van der Waals surface area (Å²) in [6.45, 7) is 3.59. The van der Waals surface area contributed by atoms with Gasteiger partial charge in [-0.25, -0.2) is 4.79 Å². The lowest BCUT2D eigenvalue weighted by atomic mass is 9.98. The molecule has 1 aliphatic rings. The number of hydrogen-bond acceptors (Lipinski definition) is 3. The third-order valence-corrected chi connectivity index (χ3v) is 3.28. The normalized spacial score (nSPS) is 23.5. The molecule has 1 amide bonds. The summed E-state index contributed by atoms with van der Waals surface area (Å²) in [6.07, 6.45) is 0.522. The molecule has 0 radical (unpaired) electrons. The van der Waals surface area contributed by atoms with Crippen molar-refractivity contribution in [2.24, 2.45) is 11.8 Å². The molecule has 6 heteroatoms. The van der Waals surface area contributed by atoms with Gasteiger partial charge in [0.2, 0.25) is 5.91 Å². The molecule has 1 fully saturated rings. The van der Waals surface area contributed by atoms with E-state index in [1.54, 1.807) is 6.92 Å². The molecule has 2 N–H and O–H groups in total. The summed E-state index contributed by atoms with van der Waals surface area (Å²) in [5.41, 5.74) is 0. The van der Waals surface area contributed by atoms with E-state index in [0.29, 0.717) is 6.42 Å². The van der Waals surface area contributed by atoms with Crippen LogP contribution < -0.4 is 0 Å². The maximum atomic E-state index is 11.7. The fourth-order valence-corrected chi connectivity index (χ4v) is 2.07. The van der Waals surface area contributed by atoms with Gasteiger partial charge in [-0.3, -0.25) is 9.59 Å². The molecule has 1 aliphatic heterocycles. The predicted molar refractivity (Wildman–Crippen MR) is 58.3 cm³/mol. The van der Waals surface area contributed by atoms with Crippen LogP contribution in [0.25, 0.3) is 0 Å². The first-order valence-corrected chi connectivity index (χ1v) is 5.63. The highest BCUT2D eigenvalue weighted by atomic mass is 16.4. The molecule has 3 atom stereocenters. The van der Waals surface area contributed by atoms with Gasteiger partial charge in [0.1, 0.15) is 6.04 Å². The molecule has 1 saturated heterocycles. The molecule has 1 rings (SSSR count). The summed E-state index contributed by atoms with van der Waals surface area (Å²) >= 11 is 0. The van der Waals surface area contributed by atoms with Gasteiger partial charge in [-0.15, -0.1) is 0 Å². The number of amides is 1. The van der Waals surface area contributed by atoms with E-state index in [1.165, 1.54) is 4.90 Å². The van der Waals surface area contributed by atoms with E-state index < -0.39 is 23.9 Å². The van der Waals surface area contributed by atoms with Crippen molar-refractivity contribution in [2.75, 3.05) is 6.54 Å². The van der Waals surface area contributed by atoms with Gasteiger partial charge in [0.25, 0.3) is 0 Å². The second-order valence-corrected chi connectivity index (χ2v) is 4.45. The molecule has 0 aromatic carbocycles. The molecule has 0 spiro atoms. The molecule has 1 unspecified atom stereocenters. The molecule has 0 saturated carbocycles. The van der Waals surface area contributed by atoms with E-state index in [4.69, 9.17) is 10.2 Å². The zero-order valence-electron chi connectivity index (χ0n) is 9.92. The second-order valence-electron chi connectivity index (χ2n) is 4.45. The molecule has 96 valence electrons. The van der Waals surface area contributed by atoms with Crippen LogP contribution in [0.2, 0.25) is 0 Å². The highest BCUT2D eigenvalue weighted by molar-refractivity contribution is 5.89. The van der Waals surface area contributed by atoms with Crippen LogP contribution in [-0.2, 0) is 14.4 Å². The number of aliphatic carboxylic acids is 2. The number of nitrogens with zero attached hydrogens (tertiary/aromatic N) is 1. The Hall–Kier alpha value is -1.59. The largest absolute Gasteiger partial charge is 0.481 e. The standard InChI is InChI=1S/C11H17NO5/c1-3-6(2)9(11(16)17)12-5-7(10(14)15)4-8(12)13/h6-7,9H,3-5H2,1-2H3,(H,14,15)(H,16,17)/t6-,7?,9+/m0/s1. The second kappa shape index (κ2) is 5.16. The summed E-state index contributed by atoms with van der Waals surface area (Å²) in [6, 6.07) is -0.920. The Bertz CT molecular complexity index is 341. The Morgan fingerprint density at radius 2 is 2.06 bits per heavy atom. The minimum Gasteiger partial charge on any atom is -0.481 e. The van der Waals surface area contributed by atoms with Gasteiger partial charge < -0.3 is 15.1 Å². The number of rotatable bonds is 5. The molecule has 0 aromatic rings. The Morgan fingerprint density at radius 3 is 2.41 bits per heavy atom. The molecule has 1 heterocycles. The molecule has 0 bridgehead atoms. The third-order valence-electron chi connectivity index (χ3n) is 3.28. The van der Waals surface area contributed by atoms with Gasteiger partial charge in [0, 0.05) is 13.0 Å². The summed E-state index contributed by atoms with van der Waals surface area (Å²) in [5.74, 6) is -3.48. The summed E-state index contributed by atoms with van der Waals surface area (Å²) in [5, 5.41) is 18.0. The monoisotopic (exact) mass is 243 g/mol. The van der Waals surface area contributed by atoms with Crippen molar-refractivity contribution in [1.29, 1.82) is 0 Å². The van der Waals surface area contributed by atoms with Gasteiger partial charge in [-0.05, 0) is 5.92 Å². The fourth-order valence-electron chi connectivity index (χ4n) is 2.07. The Balaban J connectivity index is 2.86. The summed E-state index contributed by atoms with van der Waals surface area (Å²) in [4.78, 5) is 34.8. The van der Waals surface area contributed by atoms with Crippen molar-refractivity contribution in [2.45, 2.75) is 32.7 Å². The SMILES string of the molecule is CC[C@H](C)[C@H](C(=O)O)N1CC(C(=O)O)CC1=O. The summed E-state index contributed by atoms with van der Waals surface area (Å²) in [7, 11) is 0. The van der Waals surface area contributed by atoms with Crippen molar-refractivity contribution in [3.63, 3.8) is 0 Å². The average Bonchev–Trinajstić information content (AvgIpc) is 2.60. The van der Waals surface area contributed by atoms with Crippen molar-refractivity contribution >= 4 is 17.8 Å². The highest BCUT2D eigenvalue weighted by Gasteiger charge is 2.42. The molecule has 0 aliphatic carbocycles. The number of carbonyl (C=O) groups excluding carboxylic acids is 1. The summed E-state index contributed by atoms with van der Waals surface area (Å²) < 4.78 is 0. The quantitative estimate of drug-likeness (QED) is 0.729. The number of carbonyl (C=O) groups is 3. The lowest BCUT2D eigenvalue weighted by molar-refractivity contribution is -0.150.